The van der Waals surface area contributed by atoms with Crippen molar-refractivity contribution in [1.82, 2.24) is 25.4 Å². The van der Waals surface area contributed by atoms with Gasteiger partial charge in [-0.2, -0.15) is 10.4 Å². The fourth-order valence-corrected chi connectivity index (χ4v) is 5.91. The number of nitrogens with zero attached hydrogens (tertiary/aromatic N) is 5. The summed E-state index contributed by atoms with van der Waals surface area (Å²) in [7, 11) is 0. The average molecular weight is 572 g/mol. The Hall–Kier alpha value is -4.92. The van der Waals surface area contributed by atoms with Crippen LogP contribution in [0, 0.1) is 11.3 Å². The third-order valence-electron chi connectivity index (χ3n) is 7.91. The van der Waals surface area contributed by atoms with E-state index in [2.05, 4.69) is 20.5 Å². The summed E-state index contributed by atoms with van der Waals surface area (Å²) in [5.41, 5.74) is 1.27. The Morgan fingerprint density at radius 3 is 2.71 bits per heavy atom. The molecule has 12 heteroatoms. The van der Waals surface area contributed by atoms with Gasteiger partial charge in [-0.1, -0.05) is 36.4 Å². The van der Waals surface area contributed by atoms with Crippen LogP contribution in [0.15, 0.2) is 54.9 Å². The number of pyridine rings is 1. The van der Waals surface area contributed by atoms with E-state index in [1.807, 2.05) is 12.1 Å². The van der Waals surface area contributed by atoms with E-state index in [-0.39, 0.29) is 30.1 Å². The minimum absolute atomic E-state index is 0.0699. The lowest BCUT2D eigenvalue weighted by Gasteiger charge is -2.40. The Morgan fingerprint density at radius 1 is 1.19 bits per heavy atom. The molecule has 10 nitrogen and oxygen atoms in total. The van der Waals surface area contributed by atoms with Gasteiger partial charge in [0.2, 0.25) is 11.8 Å². The van der Waals surface area contributed by atoms with Crippen molar-refractivity contribution in [2.24, 2.45) is 0 Å². The van der Waals surface area contributed by atoms with Gasteiger partial charge in [-0.15, -0.1) is 0 Å². The zero-order valence-electron chi connectivity index (χ0n) is 22.5. The van der Waals surface area contributed by atoms with Crippen molar-refractivity contribution in [2.45, 2.75) is 62.6 Å². The number of aromatic amines is 1. The van der Waals surface area contributed by atoms with Crippen LogP contribution in [-0.4, -0.2) is 55.8 Å². The summed E-state index contributed by atoms with van der Waals surface area (Å²) >= 11 is 0. The number of hydrogen-bond donors (Lipinski definition) is 2. The predicted octanol–water partition coefficient (Wildman–Crippen LogP) is 2.04. The number of halogens is 2. The van der Waals surface area contributed by atoms with Gasteiger partial charge >= 0.3 is 0 Å². The van der Waals surface area contributed by atoms with E-state index in [0.29, 0.717) is 29.5 Å². The number of alkyl halides is 2. The monoisotopic (exact) mass is 571 g/mol. The first-order valence-electron chi connectivity index (χ1n) is 13.7. The topological polar surface area (TPSA) is 135 Å². The summed E-state index contributed by atoms with van der Waals surface area (Å²) in [6, 6.07) is 10.7. The fraction of sp³-hybridized carbons (Fsp3) is 0.333. The SMILES string of the molecule is N#Cc1ccnc(N2C(=O)CC[C@H]2C(=O)N(C2=c3[nH]ncc3=CCC2)C(C(=O)NC2CC(F)(F)C2)c2ccccc2)c1. The summed E-state index contributed by atoms with van der Waals surface area (Å²) in [6.45, 7) is 0. The number of H-pyrrole nitrogens is 1. The molecule has 6 rings (SSSR count). The van der Waals surface area contributed by atoms with Crippen molar-refractivity contribution in [3.05, 3.63) is 76.6 Å². The number of carbonyl (C=O) groups is 3. The van der Waals surface area contributed by atoms with Gasteiger partial charge in [0.25, 0.3) is 11.8 Å². The predicted molar refractivity (Wildman–Crippen MR) is 147 cm³/mol. The molecule has 2 N–H and O–H groups in total. The molecule has 2 atom stereocenters. The van der Waals surface area contributed by atoms with Crippen molar-refractivity contribution < 1.29 is 23.2 Å². The zero-order chi connectivity index (χ0) is 29.4. The van der Waals surface area contributed by atoms with Gasteiger partial charge in [0.05, 0.1) is 23.2 Å². The molecule has 214 valence electrons. The molecule has 1 unspecified atom stereocenters. The Kier molecular flexibility index (Phi) is 7.02. The molecule has 3 aliphatic rings. The third kappa shape index (κ3) is 5.02. The number of fused-ring (bicyclic) bond motifs is 1. The number of carbonyl (C=O) groups excluding carboxylic acids is 3. The Bertz CT molecular complexity index is 1710. The van der Waals surface area contributed by atoms with Crippen LogP contribution in [0.5, 0.6) is 0 Å². The quantitative estimate of drug-likeness (QED) is 0.446. The lowest BCUT2D eigenvalue weighted by atomic mass is 9.87. The molecule has 3 heterocycles. The van der Waals surface area contributed by atoms with Crippen LogP contribution in [0.25, 0.3) is 11.8 Å². The zero-order valence-corrected chi connectivity index (χ0v) is 22.5. The molecule has 2 aromatic heterocycles. The first kappa shape index (κ1) is 27.3. The molecule has 2 aliphatic carbocycles. The summed E-state index contributed by atoms with van der Waals surface area (Å²) < 4.78 is 27.3. The number of anilines is 1. The lowest BCUT2D eigenvalue weighted by Crippen LogP contribution is -2.56. The average Bonchev–Trinajstić information content (AvgIpc) is 3.61. The Morgan fingerprint density at radius 2 is 1.98 bits per heavy atom. The van der Waals surface area contributed by atoms with E-state index in [0.717, 1.165) is 5.22 Å². The fourth-order valence-electron chi connectivity index (χ4n) is 5.91. The maximum absolute atomic E-state index is 14.7. The molecule has 1 aliphatic heterocycles. The van der Waals surface area contributed by atoms with Gasteiger partial charge in [-0.3, -0.25) is 29.3 Å². The smallest absolute Gasteiger partial charge is 0.252 e. The van der Waals surface area contributed by atoms with E-state index in [9.17, 15) is 28.4 Å². The van der Waals surface area contributed by atoms with E-state index < -0.39 is 48.7 Å². The van der Waals surface area contributed by atoms with E-state index in [4.69, 9.17) is 0 Å². The number of nitriles is 1. The molecule has 0 bridgehead atoms. The highest BCUT2D eigenvalue weighted by Gasteiger charge is 2.48. The molecule has 0 spiro atoms. The van der Waals surface area contributed by atoms with Crippen molar-refractivity contribution >= 4 is 35.3 Å². The Balaban J connectivity index is 1.47. The van der Waals surface area contributed by atoms with Crippen LogP contribution in [0.1, 0.15) is 55.7 Å². The molecular formula is C30H27F2N7O3. The molecule has 1 saturated carbocycles. The third-order valence-corrected chi connectivity index (χ3v) is 7.91. The van der Waals surface area contributed by atoms with Gasteiger partial charge in [0, 0.05) is 42.4 Å². The van der Waals surface area contributed by atoms with Crippen LogP contribution >= 0.6 is 0 Å². The standard InChI is InChI=1S/C30H27F2N7O3/c31-30(32)14-21(15-30)36-28(41)27(19-5-2-1-3-6-19)39(22-8-4-7-20-17-35-37-26(20)22)29(42)23-9-10-25(40)38(23)24-13-18(16-33)11-12-34-24/h1-3,5-7,11-13,17,21,23,27,37H,4,8-10,14-15H2,(H,36,41)/t23-,27?/m0/s1. The maximum atomic E-state index is 14.7. The highest BCUT2D eigenvalue weighted by Crippen LogP contribution is 2.39. The van der Waals surface area contributed by atoms with Gasteiger partial charge in [-0.05, 0) is 37.0 Å². The minimum Gasteiger partial charge on any atom is -0.351 e. The van der Waals surface area contributed by atoms with Crippen molar-refractivity contribution in [3.63, 3.8) is 0 Å². The van der Waals surface area contributed by atoms with Gasteiger partial charge in [0.1, 0.15) is 17.9 Å². The highest BCUT2D eigenvalue weighted by atomic mass is 19.3. The molecule has 3 aromatic rings. The molecule has 2 fully saturated rings. The molecule has 1 saturated heterocycles. The van der Waals surface area contributed by atoms with Crippen LogP contribution in [-0.2, 0) is 14.4 Å². The van der Waals surface area contributed by atoms with Crippen LogP contribution in [0.2, 0.25) is 0 Å². The molecule has 1 aromatic carbocycles. The van der Waals surface area contributed by atoms with Crippen LogP contribution in [0.4, 0.5) is 14.6 Å². The normalized spacial score (nSPS) is 20.1. The minimum atomic E-state index is -2.84. The molecule has 3 amide bonds. The molecular weight excluding hydrogens is 544 g/mol. The number of amides is 3. The second kappa shape index (κ2) is 10.8. The number of rotatable bonds is 7. The number of aromatic nitrogens is 3. The highest BCUT2D eigenvalue weighted by molar-refractivity contribution is 6.05. The summed E-state index contributed by atoms with van der Waals surface area (Å²) in [4.78, 5) is 48.8. The number of benzene rings is 1. The van der Waals surface area contributed by atoms with Crippen LogP contribution < -0.4 is 20.8 Å². The van der Waals surface area contributed by atoms with Crippen molar-refractivity contribution in [3.8, 4) is 6.07 Å². The largest absolute Gasteiger partial charge is 0.351 e. The Labute approximate surface area is 239 Å². The van der Waals surface area contributed by atoms with E-state index in [1.165, 1.54) is 28.1 Å². The maximum Gasteiger partial charge on any atom is 0.252 e. The summed E-state index contributed by atoms with van der Waals surface area (Å²) in [6.07, 6.45) is 5.25. The second-order valence-corrected chi connectivity index (χ2v) is 10.7. The number of hydrogen-bond acceptors (Lipinski definition) is 6. The van der Waals surface area contributed by atoms with Gasteiger partial charge < -0.3 is 5.32 Å². The van der Waals surface area contributed by atoms with Gasteiger partial charge in [-0.25, -0.2) is 13.8 Å². The second-order valence-electron chi connectivity index (χ2n) is 10.7. The number of nitrogens with one attached hydrogen (secondary N) is 2. The first-order chi connectivity index (χ1) is 20.3. The first-order valence-corrected chi connectivity index (χ1v) is 13.7. The van der Waals surface area contributed by atoms with Gasteiger partial charge in [0.15, 0.2) is 0 Å². The lowest BCUT2D eigenvalue weighted by molar-refractivity contribution is -0.141. The summed E-state index contributed by atoms with van der Waals surface area (Å²) in [5, 5.41) is 20.6. The molecule has 42 heavy (non-hydrogen) atoms. The van der Waals surface area contributed by atoms with Crippen molar-refractivity contribution in [2.75, 3.05) is 4.90 Å². The van der Waals surface area contributed by atoms with Crippen LogP contribution in [0.3, 0.4) is 0 Å². The van der Waals surface area contributed by atoms with E-state index in [1.54, 1.807) is 36.5 Å². The summed E-state index contributed by atoms with van der Waals surface area (Å²) in [5.74, 6) is -4.14. The van der Waals surface area contributed by atoms with E-state index >= 15 is 0 Å². The van der Waals surface area contributed by atoms with Crippen molar-refractivity contribution in [1.29, 1.82) is 5.26 Å². The molecule has 0 radical (unpaired) electrons.